The Bertz CT molecular complexity index is 206. The molecule has 0 spiro atoms. The van der Waals surface area contributed by atoms with Crippen LogP contribution in [0.25, 0.3) is 0 Å². The molecule has 0 rings (SSSR count). The first-order chi connectivity index (χ1) is 5.67. The van der Waals surface area contributed by atoms with Gasteiger partial charge in [0.1, 0.15) is 8.07 Å². The molecular weight excluding hydrogens is 192 g/mol. The molecule has 13 heavy (non-hydrogen) atoms. The molecule has 0 bridgehead atoms. The van der Waals surface area contributed by atoms with E-state index in [0.29, 0.717) is 0 Å². The largest absolute Gasteiger partial charge is 0.551 e. The van der Waals surface area contributed by atoms with E-state index in [2.05, 4.69) is 45.9 Å². The van der Waals surface area contributed by atoms with Gasteiger partial charge in [0.2, 0.25) is 8.32 Å². The van der Waals surface area contributed by atoms with Crippen molar-refractivity contribution in [3.63, 3.8) is 0 Å². The Hall–Kier alpha value is -0.286. The Morgan fingerprint density at radius 3 is 1.77 bits per heavy atom. The van der Waals surface area contributed by atoms with Crippen LogP contribution in [0.1, 0.15) is 0 Å². The fraction of sp³-hybridized carbons (Fsp3) is 0.600. The summed E-state index contributed by atoms with van der Waals surface area (Å²) < 4.78 is 6.03. The third-order valence-electron chi connectivity index (χ3n) is 1.42. The molecule has 0 aromatic carbocycles. The van der Waals surface area contributed by atoms with Crippen LogP contribution < -0.4 is 0 Å². The second kappa shape index (κ2) is 4.29. The number of rotatable bonds is 4. The van der Waals surface area contributed by atoms with Crippen LogP contribution in [0, 0.1) is 0 Å². The molecule has 0 aromatic heterocycles. The van der Waals surface area contributed by atoms with Gasteiger partial charge in [-0.1, -0.05) is 32.3 Å². The summed E-state index contributed by atoms with van der Waals surface area (Å²) in [6.45, 7) is 17.2. The van der Waals surface area contributed by atoms with Crippen molar-refractivity contribution in [3.05, 3.63) is 24.1 Å². The minimum atomic E-state index is -1.45. The summed E-state index contributed by atoms with van der Waals surface area (Å²) in [4.78, 5) is 0. The fourth-order valence-electron chi connectivity index (χ4n) is 0.874. The zero-order chi connectivity index (χ0) is 10.7. The van der Waals surface area contributed by atoms with E-state index >= 15 is 0 Å². The van der Waals surface area contributed by atoms with Crippen molar-refractivity contribution >= 4 is 16.4 Å². The van der Waals surface area contributed by atoms with Crippen LogP contribution in [-0.4, -0.2) is 16.4 Å². The van der Waals surface area contributed by atoms with Crippen LogP contribution in [0.5, 0.6) is 0 Å². The maximum atomic E-state index is 6.03. The van der Waals surface area contributed by atoms with Gasteiger partial charge in [-0.3, -0.25) is 0 Å². The van der Waals surface area contributed by atoms with Crippen LogP contribution in [0.2, 0.25) is 39.3 Å². The predicted octanol–water partition coefficient (Wildman–Crippen LogP) is 3.79. The van der Waals surface area contributed by atoms with Crippen LogP contribution in [0.15, 0.2) is 24.1 Å². The van der Waals surface area contributed by atoms with Crippen LogP contribution >= 0.6 is 0 Å². The van der Waals surface area contributed by atoms with Gasteiger partial charge in [-0.25, -0.2) is 0 Å². The van der Waals surface area contributed by atoms with Crippen molar-refractivity contribution in [2.75, 3.05) is 0 Å². The van der Waals surface area contributed by atoms with Gasteiger partial charge in [0, 0.05) is 0 Å². The molecule has 0 aromatic rings. The lowest BCUT2D eigenvalue weighted by Gasteiger charge is -2.29. The first-order valence-electron chi connectivity index (χ1n) is 4.69. The molecule has 0 amide bonds. The standard InChI is InChI=1S/C10H22OSi2/c1-8-9-10(12(2,3)4)11-13(5,6)7/h8-9H,1H2,2-7H3. The average Bonchev–Trinajstić information content (AvgIpc) is 1.81. The van der Waals surface area contributed by atoms with Crippen molar-refractivity contribution in [1.29, 1.82) is 0 Å². The molecule has 76 valence electrons. The van der Waals surface area contributed by atoms with Gasteiger partial charge in [-0.15, -0.1) is 0 Å². The Balaban J connectivity index is 4.67. The normalized spacial score (nSPS) is 14.2. The van der Waals surface area contributed by atoms with Gasteiger partial charge in [-0.2, -0.15) is 0 Å². The van der Waals surface area contributed by atoms with Gasteiger partial charge in [0.25, 0.3) is 0 Å². The summed E-state index contributed by atoms with van der Waals surface area (Å²) >= 11 is 0. The summed E-state index contributed by atoms with van der Waals surface area (Å²) in [5.41, 5.74) is 0. The monoisotopic (exact) mass is 214 g/mol. The molecule has 0 saturated heterocycles. The smallest absolute Gasteiger partial charge is 0.241 e. The Kier molecular flexibility index (Phi) is 4.19. The van der Waals surface area contributed by atoms with E-state index in [4.69, 9.17) is 4.43 Å². The Morgan fingerprint density at radius 1 is 1.08 bits per heavy atom. The molecule has 0 atom stereocenters. The molecule has 3 heteroatoms. The van der Waals surface area contributed by atoms with Gasteiger partial charge in [-0.05, 0) is 25.7 Å². The van der Waals surface area contributed by atoms with Crippen molar-refractivity contribution < 1.29 is 4.43 Å². The van der Waals surface area contributed by atoms with Gasteiger partial charge < -0.3 is 4.43 Å². The highest BCUT2D eigenvalue weighted by atomic mass is 28.4. The maximum absolute atomic E-state index is 6.03. The highest BCUT2D eigenvalue weighted by molar-refractivity contribution is 6.84. The quantitative estimate of drug-likeness (QED) is 0.393. The zero-order valence-electron chi connectivity index (χ0n) is 9.77. The number of hydrogen-bond acceptors (Lipinski definition) is 1. The number of allylic oxidation sites excluding steroid dienone is 2. The van der Waals surface area contributed by atoms with Gasteiger partial charge in [0.05, 0.1) is 5.38 Å². The topological polar surface area (TPSA) is 9.23 Å². The second-order valence-electron chi connectivity index (χ2n) is 5.23. The first kappa shape index (κ1) is 12.7. The first-order valence-corrected chi connectivity index (χ1v) is 11.6. The SMILES string of the molecule is C=CC=C(O[Si](C)(C)C)[Si](C)(C)C. The summed E-state index contributed by atoms with van der Waals surface area (Å²) in [5.74, 6) is 0. The molecule has 0 radical (unpaired) electrons. The predicted molar refractivity (Wildman–Crippen MR) is 66.1 cm³/mol. The lowest BCUT2D eigenvalue weighted by atomic mass is 10.6. The molecule has 0 aliphatic rings. The zero-order valence-corrected chi connectivity index (χ0v) is 11.8. The van der Waals surface area contributed by atoms with E-state index in [1.165, 1.54) is 5.38 Å². The third-order valence-corrected chi connectivity index (χ3v) is 4.21. The molecule has 0 unspecified atom stereocenters. The van der Waals surface area contributed by atoms with E-state index in [1.54, 1.807) is 0 Å². The van der Waals surface area contributed by atoms with Crippen molar-refractivity contribution in [2.24, 2.45) is 0 Å². The molecule has 1 nitrogen and oxygen atoms in total. The molecule has 0 aliphatic carbocycles. The lowest BCUT2D eigenvalue weighted by Crippen LogP contribution is -2.34. The average molecular weight is 214 g/mol. The van der Waals surface area contributed by atoms with E-state index in [1.807, 2.05) is 12.2 Å². The molecule has 0 saturated carbocycles. The van der Waals surface area contributed by atoms with E-state index < -0.39 is 16.4 Å². The molecule has 0 aliphatic heterocycles. The molecular formula is C10H22OSi2. The third kappa shape index (κ3) is 5.88. The van der Waals surface area contributed by atoms with Crippen LogP contribution in [0.4, 0.5) is 0 Å². The minimum Gasteiger partial charge on any atom is -0.551 e. The van der Waals surface area contributed by atoms with Crippen molar-refractivity contribution in [1.82, 2.24) is 0 Å². The van der Waals surface area contributed by atoms with E-state index in [-0.39, 0.29) is 0 Å². The van der Waals surface area contributed by atoms with E-state index in [0.717, 1.165) is 0 Å². The summed E-state index contributed by atoms with van der Waals surface area (Å²) in [6.07, 6.45) is 3.86. The van der Waals surface area contributed by atoms with Crippen LogP contribution in [0.3, 0.4) is 0 Å². The second-order valence-corrected chi connectivity index (χ2v) is 14.7. The van der Waals surface area contributed by atoms with Gasteiger partial charge in [0.15, 0.2) is 0 Å². The fourth-order valence-corrected chi connectivity index (χ4v) is 4.36. The molecule has 0 N–H and O–H groups in total. The maximum Gasteiger partial charge on any atom is 0.241 e. The number of hydrogen-bond donors (Lipinski definition) is 0. The minimum absolute atomic E-state index is 1.18. The summed E-state index contributed by atoms with van der Waals surface area (Å²) in [7, 11) is -2.76. The van der Waals surface area contributed by atoms with Crippen molar-refractivity contribution in [2.45, 2.75) is 39.3 Å². The lowest BCUT2D eigenvalue weighted by molar-refractivity contribution is 0.452. The molecule has 0 fully saturated rings. The van der Waals surface area contributed by atoms with Gasteiger partial charge >= 0.3 is 0 Å². The Morgan fingerprint density at radius 2 is 1.54 bits per heavy atom. The highest BCUT2D eigenvalue weighted by Gasteiger charge is 2.26. The summed E-state index contributed by atoms with van der Waals surface area (Å²) in [6, 6.07) is 0. The van der Waals surface area contributed by atoms with E-state index in [9.17, 15) is 0 Å². The van der Waals surface area contributed by atoms with Crippen LogP contribution in [-0.2, 0) is 4.43 Å². The highest BCUT2D eigenvalue weighted by Crippen LogP contribution is 2.20. The molecule has 0 heterocycles. The summed E-state index contributed by atoms with van der Waals surface area (Å²) in [5, 5.41) is 1.18. The Labute approximate surface area is 84.6 Å². The van der Waals surface area contributed by atoms with Crippen molar-refractivity contribution in [3.8, 4) is 0 Å².